The van der Waals surface area contributed by atoms with E-state index in [-0.39, 0.29) is 5.91 Å². The Labute approximate surface area is 126 Å². The average Bonchev–Trinajstić information content (AvgIpc) is 2.42. The molecule has 1 aliphatic rings. The molecular weight excluding hydrogens is 276 g/mol. The molecule has 112 valence electrons. The van der Waals surface area contributed by atoms with Crippen LogP contribution in [-0.4, -0.2) is 41.5 Å². The van der Waals surface area contributed by atoms with Gasteiger partial charge in [0.25, 0.3) is 0 Å². The highest BCUT2D eigenvalue weighted by atomic mass is 32.2. The lowest BCUT2D eigenvalue weighted by Gasteiger charge is -2.22. The minimum Gasteiger partial charge on any atom is -0.355 e. The van der Waals surface area contributed by atoms with Crippen molar-refractivity contribution in [2.24, 2.45) is 17.6 Å². The zero-order valence-electron chi connectivity index (χ0n) is 12.2. The molecule has 0 saturated carbocycles. The van der Waals surface area contributed by atoms with Gasteiger partial charge in [-0.25, -0.2) is 0 Å². The Morgan fingerprint density at radius 2 is 2.16 bits per heavy atom. The van der Waals surface area contributed by atoms with Crippen LogP contribution in [0.1, 0.15) is 33.1 Å². The van der Waals surface area contributed by atoms with E-state index in [1.165, 1.54) is 17.3 Å². The number of hydrogen-bond acceptors (Lipinski definition) is 4. The molecule has 0 aromatic rings. The highest BCUT2D eigenvalue weighted by Gasteiger charge is 2.17. The van der Waals surface area contributed by atoms with Gasteiger partial charge in [0.2, 0.25) is 5.91 Å². The Bertz CT molecular complexity index is 256. The van der Waals surface area contributed by atoms with Crippen LogP contribution in [0.15, 0.2) is 0 Å². The highest BCUT2D eigenvalue weighted by molar-refractivity contribution is 8.06. The Morgan fingerprint density at radius 3 is 2.74 bits per heavy atom. The van der Waals surface area contributed by atoms with Crippen molar-refractivity contribution in [1.29, 1.82) is 0 Å². The van der Waals surface area contributed by atoms with E-state index in [1.807, 2.05) is 23.5 Å². The molecule has 0 aliphatic carbocycles. The number of carbonyl (C=O) groups is 1. The second kappa shape index (κ2) is 9.94. The molecule has 2 atom stereocenters. The standard InChI is InChI=1S/C14H28N2OS2/c1-11(2)12(5-6-15)3-4-14(17)16-9-13-10-18-7-8-19-13/h11-13H,3-10,15H2,1-2H3,(H,16,17). The molecule has 2 unspecified atom stereocenters. The predicted octanol–water partition coefficient (Wildman–Crippen LogP) is 2.35. The summed E-state index contributed by atoms with van der Waals surface area (Å²) in [6, 6.07) is 0. The summed E-state index contributed by atoms with van der Waals surface area (Å²) in [5, 5.41) is 3.69. The van der Waals surface area contributed by atoms with E-state index in [2.05, 4.69) is 19.2 Å². The molecule has 0 spiro atoms. The molecule has 1 saturated heterocycles. The fourth-order valence-corrected chi connectivity index (χ4v) is 4.92. The molecule has 1 aliphatic heterocycles. The molecule has 1 amide bonds. The molecule has 0 aromatic carbocycles. The lowest BCUT2D eigenvalue weighted by atomic mass is 9.88. The average molecular weight is 305 g/mol. The third-order valence-electron chi connectivity index (χ3n) is 3.63. The third kappa shape index (κ3) is 7.47. The summed E-state index contributed by atoms with van der Waals surface area (Å²) in [4.78, 5) is 11.9. The van der Waals surface area contributed by atoms with E-state index in [1.54, 1.807) is 0 Å². The normalized spacial score (nSPS) is 21.4. The van der Waals surface area contributed by atoms with Crippen LogP contribution >= 0.6 is 23.5 Å². The van der Waals surface area contributed by atoms with Gasteiger partial charge in [0.1, 0.15) is 0 Å². The summed E-state index contributed by atoms with van der Waals surface area (Å²) >= 11 is 3.99. The fourth-order valence-electron chi connectivity index (χ4n) is 2.31. The molecule has 0 aromatic heterocycles. The van der Waals surface area contributed by atoms with Crippen LogP contribution in [0.4, 0.5) is 0 Å². The molecule has 0 radical (unpaired) electrons. The molecule has 1 rings (SSSR count). The van der Waals surface area contributed by atoms with Gasteiger partial charge in [0.15, 0.2) is 0 Å². The van der Waals surface area contributed by atoms with Crippen LogP contribution in [0, 0.1) is 11.8 Å². The number of nitrogens with one attached hydrogen (secondary N) is 1. The van der Waals surface area contributed by atoms with Gasteiger partial charge in [-0.3, -0.25) is 4.79 Å². The molecule has 3 N–H and O–H groups in total. The quantitative estimate of drug-likeness (QED) is 0.723. The third-order valence-corrected chi connectivity index (χ3v) is 6.48. The van der Waals surface area contributed by atoms with Crippen molar-refractivity contribution in [3.63, 3.8) is 0 Å². The van der Waals surface area contributed by atoms with Crippen LogP contribution < -0.4 is 11.1 Å². The topological polar surface area (TPSA) is 55.1 Å². The molecule has 5 heteroatoms. The van der Waals surface area contributed by atoms with Crippen molar-refractivity contribution < 1.29 is 4.79 Å². The van der Waals surface area contributed by atoms with E-state index >= 15 is 0 Å². The highest BCUT2D eigenvalue weighted by Crippen LogP contribution is 2.23. The van der Waals surface area contributed by atoms with Gasteiger partial charge in [-0.1, -0.05) is 13.8 Å². The van der Waals surface area contributed by atoms with Crippen molar-refractivity contribution in [2.75, 3.05) is 30.3 Å². The molecule has 19 heavy (non-hydrogen) atoms. The molecule has 1 heterocycles. The maximum Gasteiger partial charge on any atom is 0.220 e. The predicted molar refractivity (Wildman–Crippen MR) is 87.8 cm³/mol. The van der Waals surface area contributed by atoms with Gasteiger partial charge >= 0.3 is 0 Å². The summed E-state index contributed by atoms with van der Waals surface area (Å²) in [6.07, 6.45) is 2.64. The number of hydrogen-bond donors (Lipinski definition) is 2. The van der Waals surface area contributed by atoms with Gasteiger partial charge in [0, 0.05) is 35.5 Å². The van der Waals surface area contributed by atoms with Gasteiger partial charge in [-0.15, -0.1) is 0 Å². The van der Waals surface area contributed by atoms with E-state index in [0.717, 1.165) is 25.9 Å². The maximum atomic E-state index is 11.9. The minimum absolute atomic E-state index is 0.207. The zero-order valence-corrected chi connectivity index (χ0v) is 13.8. The van der Waals surface area contributed by atoms with Gasteiger partial charge in [-0.05, 0) is 31.2 Å². The van der Waals surface area contributed by atoms with Crippen LogP contribution in [0.3, 0.4) is 0 Å². The number of carbonyl (C=O) groups excluding carboxylic acids is 1. The van der Waals surface area contributed by atoms with Crippen LogP contribution in [0.25, 0.3) is 0 Å². The smallest absolute Gasteiger partial charge is 0.220 e. The molecule has 3 nitrogen and oxygen atoms in total. The van der Waals surface area contributed by atoms with Crippen LogP contribution in [0.2, 0.25) is 0 Å². The number of thioether (sulfide) groups is 2. The Balaban J connectivity index is 2.15. The maximum absolute atomic E-state index is 11.9. The first kappa shape index (κ1) is 17.2. The summed E-state index contributed by atoms with van der Waals surface area (Å²) in [5.41, 5.74) is 5.62. The van der Waals surface area contributed by atoms with Gasteiger partial charge in [-0.2, -0.15) is 23.5 Å². The Morgan fingerprint density at radius 1 is 1.37 bits per heavy atom. The number of nitrogens with two attached hydrogens (primary N) is 1. The first-order chi connectivity index (χ1) is 9.13. The van der Waals surface area contributed by atoms with Crippen molar-refractivity contribution in [2.45, 2.75) is 38.4 Å². The van der Waals surface area contributed by atoms with Crippen molar-refractivity contribution >= 4 is 29.4 Å². The monoisotopic (exact) mass is 304 g/mol. The van der Waals surface area contributed by atoms with Crippen molar-refractivity contribution in [3.05, 3.63) is 0 Å². The van der Waals surface area contributed by atoms with E-state index in [9.17, 15) is 4.79 Å². The minimum atomic E-state index is 0.207. The molecular formula is C14H28N2OS2. The Hall–Kier alpha value is 0.130. The second-order valence-corrected chi connectivity index (χ2v) is 8.05. The van der Waals surface area contributed by atoms with Crippen molar-refractivity contribution in [3.8, 4) is 0 Å². The number of amides is 1. The second-order valence-electron chi connectivity index (χ2n) is 5.49. The summed E-state index contributed by atoms with van der Waals surface area (Å²) < 4.78 is 0. The lowest BCUT2D eigenvalue weighted by Crippen LogP contribution is -2.33. The van der Waals surface area contributed by atoms with Gasteiger partial charge < -0.3 is 11.1 Å². The fraction of sp³-hybridized carbons (Fsp3) is 0.929. The van der Waals surface area contributed by atoms with Crippen LogP contribution in [-0.2, 0) is 4.79 Å². The Kier molecular flexibility index (Phi) is 8.99. The van der Waals surface area contributed by atoms with E-state index in [0.29, 0.717) is 23.5 Å². The first-order valence-corrected chi connectivity index (χ1v) is 9.50. The summed E-state index contributed by atoms with van der Waals surface area (Å²) in [6.45, 7) is 5.99. The van der Waals surface area contributed by atoms with E-state index < -0.39 is 0 Å². The SMILES string of the molecule is CC(C)C(CCN)CCC(=O)NCC1CSCCS1. The number of rotatable bonds is 8. The van der Waals surface area contributed by atoms with Crippen LogP contribution in [0.5, 0.6) is 0 Å². The van der Waals surface area contributed by atoms with Gasteiger partial charge in [0.05, 0.1) is 0 Å². The summed E-state index contributed by atoms with van der Waals surface area (Å²) in [7, 11) is 0. The molecule has 1 fully saturated rings. The van der Waals surface area contributed by atoms with Crippen molar-refractivity contribution in [1.82, 2.24) is 5.32 Å². The first-order valence-electron chi connectivity index (χ1n) is 7.29. The largest absolute Gasteiger partial charge is 0.355 e. The zero-order chi connectivity index (χ0) is 14.1. The van der Waals surface area contributed by atoms with E-state index in [4.69, 9.17) is 5.73 Å². The summed E-state index contributed by atoms with van der Waals surface area (Å²) in [5.74, 6) is 5.05. The lowest BCUT2D eigenvalue weighted by molar-refractivity contribution is -0.121. The molecule has 0 bridgehead atoms.